The fraction of sp³-hybridized carbons (Fsp3) is 0.800. The molecular weight excluding hydrogens is 145 g/mol. The summed E-state index contributed by atoms with van der Waals surface area (Å²) in [7, 11) is 0. The number of nitrogens with zero attached hydrogens (tertiary/aromatic N) is 1. The standard InChI is InChI=1S/C5H9NO2.Na.H2O/c7-5(8)1-2-6-3-4-6;;/h1-4H2,(H,7,8);;1H2/q;+1;/p-1. The van der Waals surface area contributed by atoms with Gasteiger partial charge in [0.15, 0.2) is 0 Å². The van der Waals surface area contributed by atoms with Crippen LogP contribution in [0.15, 0.2) is 0 Å². The van der Waals surface area contributed by atoms with Crippen LogP contribution in [0.25, 0.3) is 0 Å². The van der Waals surface area contributed by atoms with E-state index in [9.17, 15) is 4.79 Å². The van der Waals surface area contributed by atoms with Gasteiger partial charge in [0.25, 0.3) is 0 Å². The van der Waals surface area contributed by atoms with E-state index in [1.54, 1.807) is 0 Å². The Morgan fingerprint density at radius 1 is 1.50 bits per heavy atom. The smallest absolute Gasteiger partial charge is 0.870 e. The molecule has 2 N–H and O–H groups in total. The van der Waals surface area contributed by atoms with Gasteiger partial charge in [0.05, 0.1) is 6.42 Å². The molecule has 0 aromatic carbocycles. The van der Waals surface area contributed by atoms with Crippen LogP contribution in [0, 0.1) is 0 Å². The van der Waals surface area contributed by atoms with Crippen molar-refractivity contribution in [2.24, 2.45) is 0 Å². The van der Waals surface area contributed by atoms with Gasteiger partial charge in [-0.25, -0.2) is 0 Å². The van der Waals surface area contributed by atoms with Crippen molar-refractivity contribution in [3.05, 3.63) is 0 Å². The molecule has 4 nitrogen and oxygen atoms in total. The summed E-state index contributed by atoms with van der Waals surface area (Å²) in [6.07, 6.45) is 0.292. The second-order valence-electron chi connectivity index (χ2n) is 1.99. The number of carboxylic acids is 1. The van der Waals surface area contributed by atoms with E-state index in [2.05, 4.69) is 4.90 Å². The van der Waals surface area contributed by atoms with Crippen LogP contribution in [-0.4, -0.2) is 41.1 Å². The minimum absolute atomic E-state index is 0. The first-order valence-electron chi connectivity index (χ1n) is 2.73. The minimum atomic E-state index is -0.697. The van der Waals surface area contributed by atoms with E-state index in [0.29, 0.717) is 6.42 Å². The van der Waals surface area contributed by atoms with Crippen LogP contribution in [0.2, 0.25) is 0 Å². The summed E-state index contributed by atoms with van der Waals surface area (Å²) >= 11 is 0. The monoisotopic (exact) mass is 155 g/mol. The molecule has 1 aliphatic rings. The van der Waals surface area contributed by atoms with Crippen LogP contribution in [0.5, 0.6) is 0 Å². The van der Waals surface area contributed by atoms with Crippen LogP contribution >= 0.6 is 0 Å². The van der Waals surface area contributed by atoms with Gasteiger partial charge < -0.3 is 15.5 Å². The Bertz CT molecular complexity index is 105. The molecule has 0 aromatic heterocycles. The first-order valence-corrected chi connectivity index (χ1v) is 2.73. The van der Waals surface area contributed by atoms with Gasteiger partial charge in [-0.15, -0.1) is 0 Å². The third kappa shape index (κ3) is 6.51. The number of aliphatic carboxylic acids is 1. The summed E-state index contributed by atoms with van der Waals surface area (Å²) in [5.74, 6) is -0.697. The van der Waals surface area contributed by atoms with Crippen molar-refractivity contribution in [1.82, 2.24) is 4.90 Å². The summed E-state index contributed by atoms with van der Waals surface area (Å²) < 4.78 is 0. The number of carboxylic acid groups (broad SMARTS) is 1. The van der Waals surface area contributed by atoms with Crippen molar-refractivity contribution < 1.29 is 44.9 Å². The van der Waals surface area contributed by atoms with E-state index in [1.165, 1.54) is 0 Å². The summed E-state index contributed by atoms with van der Waals surface area (Å²) in [6, 6.07) is 0. The zero-order valence-electron chi connectivity index (χ0n) is 6.08. The molecule has 1 rings (SSSR count). The molecule has 54 valence electrons. The second kappa shape index (κ2) is 6.12. The topological polar surface area (TPSA) is 70.3 Å². The molecule has 0 bridgehead atoms. The van der Waals surface area contributed by atoms with Gasteiger partial charge in [0, 0.05) is 19.6 Å². The number of rotatable bonds is 3. The number of hydrogen-bond donors (Lipinski definition) is 1. The molecule has 0 saturated carbocycles. The first-order chi connectivity index (χ1) is 3.79. The maximum atomic E-state index is 9.90. The molecule has 1 fully saturated rings. The Balaban J connectivity index is 0. The Hall–Kier alpha value is 0.390. The van der Waals surface area contributed by atoms with Crippen LogP contribution in [-0.2, 0) is 4.79 Å². The summed E-state index contributed by atoms with van der Waals surface area (Å²) in [4.78, 5) is 12.0. The zero-order valence-corrected chi connectivity index (χ0v) is 8.08. The van der Waals surface area contributed by atoms with E-state index in [-0.39, 0.29) is 35.0 Å². The van der Waals surface area contributed by atoms with Crippen molar-refractivity contribution in [3.63, 3.8) is 0 Å². The number of hydrogen-bond acceptors (Lipinski definition) is 3. The van der Waals surface area contributed by atoms with Gasteiger partial charge in [-0.2, -0.15) is 0 Å². The maximum absolute atomic E-state index is 9.90. The van der Waals surface area contributed by atoms with E-state index >= 15 is 0 Å². The molecule has 0 spiro atoms. The van der Waals surface area contributed by atoms with Gasteiger partial charge in [-0.05, 0) is 0 Å². The molecule has 1 aliphatic heterocycles. The van der Waals surface area contributed by atoms with E-state index < -0.39 is 5.97 Å². The third-order valence-corrected chi connectivity index (χ3v) is 1.18. The molecule has 0 unspecified atom stereocenters. The molecule has 0 amide bonds. The molecule has 0 radical (unpaired) electrons. The molecule has 0 aliphatic carbocycles. The summed E-state index contributed by atoms with van der Waals surface area (Å²) in [5.41, 5.74) is 0. The molecule has 1 saturated heterocycles. The van der Waals surface area contributed by atoms with Gasteiger partial charge in [0.1, 0.15) is 0 Å². The van der Waals surface area contributed by atoms with E-state index in [0.717, 1.165) is 19.6 Å². The molecule has 0 atom stereocenters. The van der Waals surface area contributed by atoms with Gasteiger partial charge in [-0.1, -0.05) is 0 Å². The van der Waals surface area contributed by atoms with Crippen molar-refractivity contribution >= 4 is 5.97 Å². The fourth-order valence-electron chi connectivity index (χ4n) is 0.548. The van der Waals surface area contributed by atoms with Crippen LogP contribution in [0.1, 0.15) is 6.42 Å². The van der Waals surface area contributed by atoms with E-state index in [1.807, 2.05) is 0 Å². The predicted octanol–water partition coefficient (Wildman–Crippen LogP) is -3.40. The normalized spacial score (nSPS) is 14.8. The maximum Gasteiger partial charge on any atom is 1.00 e. The minimum Gasteiger partial charge on any atom is -0.870 e. The molecule has 1 heterocycles. The Morgan fingerprint density at radius 2 is 2.00 bits per heavy atom. The fourth-order valence-corrected chi connectivity index (χ4v) is 0.548. The van der Waals surface area contributed by atoms with Crippen molar-refractivity contribution in [2.75, 3.05) is 19.6 Å². The second-order valence-corrected chi connectivity index (χ2v) is 1.99. The van der Waals surface area contributed by atoms with Crippen LogP contribution < -0.4 is 29.6 Å². The Morgan fingerprint density at radius 3 is 2.30 bits per heavy atom. The zero-order chi connectivity index (χ0) is 5.98. The number of carbonyl (C=O) groups is 1. The predicted molar refractivity (Wildman–Crippen MR) is 30.6 cm³/mol. The van der Waals surface area contributed by atoms with Crippen molar-refractivity contribution in [1.29, 1.82) is 0 Å². The van der Waals surface area contributed by atoms with Gasteiger partial charge in [-0.3, -0.25) is 4.79 Å². The average molecular weight is 155 g/mol. The van der Waals surface area contributed by atoms with Crippen LogP contribution in [0.3, 0.4) is 0 Å². The summed E-state index contributed by atoms with van der Waals surface area (Å²) in [5, 5.41) is 8.16. The van der Waals surface area contributed by atoms with Crippen molar-refractivity contribution in [2.45, 2.75) is 6.42 Å². The average Bonchev–Trinajstić information content (AvgIpc) is 2.41. The summed E-state index contributed by atoms with van der Waals surface area (Å²) in [6.45, 7) is 2.91. The third-order valence-electron chi connectivity index (χ3n) is 1.18. The van der Waals surface area contributed by atoms with Crippen molar-refractivity contribution in [3.8, 4) is 0 Å². The molecule has 0 aromatic rings. The molecule has 5 heteroatoms. The Labute approximate surface area is 81.8 Å². The molecule has 10 heavy (non-hydrogen) atoms. The van der Waals surface area contributed by atoms with Gasteiger partial charge in [0.2, 0.25) is 0 Å². The Kier molecular flexibility index (Phi) is 7.97. The largest absolute Gasteiger partial charge is 1.00 e. The molecular formula is C5H10NNaO3. The first kappa shape index (κ1) is 13.0. The van der Waals surface area contributed by atoms with Crippen LogP contribution in [0.4, 0.5) is 0 Å². The SMILES string of the molecule is O=C(O)CCN1CC1.[Na+].[OH-]. The van der Waals surface area contributed by atoms with E-state index in [4.69, 9.17) is 5.11 Å². The quantitative estimate of drug-likeness (QED) is 0.341. The van der Waals surface area contributed by atoms with Gasteiger partial charge >= 0.3 is 35.5 Å².